The highest BCUT2D eigenvalue weighted by atomic mass is 35.5. The standard InChI is InChI=1S/C28H20ClNO5S/c1-3-33-22-15-17(14-20-27(31)35-26(30-20)18-7-5-4-6-8-18)10-12-21(22)34-28(32)25-24(29)19-11-9-16(2)13-23(19)36-25/h4-15H,3H2,1-2H3/b20-14+. The summed E-state index contributed by atoms with van der Waals surface area (Å²) < 4.78 is 17.6. The van der Waals surface area contributed by atoms with E-state index in [1.165, 1.54) is 11.3 Å². The zero-order valence-electron chi connectivity index (χ0n) is 19.4. The van der Waals surface area contributed by atoms with Crippen LogP contribution in [0.25, 0.3) is 16.2 Å². The molecule has 3 aromatic carbocycles. The molecule has 5 rings (SSSR count). The molecule has 0 N–H and O–H groups in total. The summed E-state index contributed by atoms with van der Waals surface area (Å²) in [4.78, 5) is 30.0. The second-order valence-corrected chi connectivity index (χ2v) is 9.41. The van der Waals surface area contributed by atoms with Gasteiger partial charge in [-0.1, -0.05) is 48.0 Å². The number of ether oxygens (including phenoxy) is 3. The van der Waals surface area contributed by atoms with Crippen molar-refractivity contribution in [2.24, 2.45) is 4.99 Å². The van der Waals surface area contributed by atoms with E-state index in [9.17, 15) is 9.59 Å². The Kier molecular flexibility index (Phi) is 6.59. The molecule has 0 aliphatic carbocycles. The van der Waals surface area contributed by atoms with Crippen LogP contribution in [0.5, 0.6) is 11.5 Å². The van der Waals surface area contributed by atoms with E-state index in [2.05, 4.69) is 4.99 Å². The van der Waals surface area contributed by atoms with Gasteiger partial charge < -0.3 is 14.2 Å². The van der Waals surface area contributed by atoms with Crippen molar-refractivity contribution in [3.63, 3.8) is 0 Å². The molecule has 0 bridgehead atoms. The van der Waals surface area contributed by atoms with E-state index in [0.717, 1.165) is 15.6 Å². The van der Waals surface area contributed by atoms with Gasteiger partial charge in [0.2, 0.25) is 5.90 Å². The Morgan fingerprint density at radius 3 is 2.67 bits per heavy atom. The molecule has 180 valence electrons. The van der Waals surface area contributed by atoms with Crippen LogP contribution in [0, 0.1) is 6.92 Å². The summed E-state index contributed by atoms with van der Waals surface area (Å²) in [6.07, 6.45) is 1.59. The monoisotopic (exact) mass is 517 g/mol. The third-order valence-electron chi connectivity index (χ3n) is 5.39. The largest absolute Gasteiger partial charge is 0.490 e. The Balaban J connectivity index is 1.42. The predicted octanol–water partition coefficient (Wildman–Crippen LogP) is 6.83. The van der Waals surface area contributed by atoms with Gasteiger partial charge in [0.25, 0.3) is 0 Å². The van der Waals surface area contributed by atoms with Gasteiger partial charge >= 0.3 is 11.9 Å². The highest BCUT2D eigenvalue weighted by Crippen LogP contribution is 2.38. The van der Waals surface area contributed by atoms with Crippen LogP contribution in [0.15, 0.2) is 77.4 Å². The molecule has 6 nitrogen and oxygen atoms in total. The molecule has 1 aromatic heterocycles. The lowest BCUT2D eigenvalue weighted by Gasteiger charge is -2.11. The number of hydrogen-bond donors (Lipinski definition) is 0. The van der Waals surface area contributed by atoms with Crippen LogP contribution in [0.2, 0.25) is 5.02 Å². The molecule has 0 atom stereocenters. The average Bonchev–Trinajstić information content (AvgIpc) is 3.40. The third-order valence-corrected chi connectivity index (χ3v) is 7.02. The second kappa shape index (κ2) is 9.97. The van der Waals surface area contributed by atoms with Crippen molar-refractivity contribution in [1.29, 1.82) is 0 Å². The molecule has 2 heterocycles. The maximum atomic E-state index is 13.0. The summed E-state index contributed by atoms with van der Waals surface area (Å²) in [7, 11) is 0. The van der Waals surface area contributed by atoms with Crippen LogP contribution >= 0.6 is 22.9 Å². The van der Waals surface area contributed by atoms with E-state index in [1.807, 2.05) is 62.4 Å². The number of aryl methyl sites for hydroxylation is 1. The number of halogens is 1. The van der Waals surface area contributed by atoms with E-state index >= 15 is 0 Å². The topological polar surface area (TPSA) is 74.2 Å². The number of aliphatic imine (C=N–C) groups is 1. The van der Waals surface area contributed by atoms with Crippen molar-refractivity contribution in [3.8, 4) is 11.5 Å². The number of carbonyl (C=O) groups excluding carboxylic acids is 2. The van der Waals surface area contributed by atoms with Crippen LogP contribution in [-0.2, 0) is 9.53 Å². The minimum absolute atomic E-state index is 0.161. The number of nitrogens with zero attached hydrogens (tertiary/aromatic N) is 1. The van der Waals surface area contributed by atoms with Gasteiger partial charge in [-0.25, -0.2) is 14.6 Å². The highest BCUT2D eigenvalue weighted by Gasteiger charge is 2.25. The molecule has 8 heteroatoms. The third kappa shape index (κ3) is 4.76. The zero-order chi connectivity index (χ0) is 25.2. The molecule has 0 unspecified atom stereocenters. The van der Waals surface area contributed by atoms with Gasteiger partial charge in [-0.2, -0.15) is 0 Å². The lowest BCUT2D eigenvalue weighted by atomic mass is 10.1. The highest BCUT2D eigenvalue weighted by molar-refractivity contribution is 7.21. The number of hydrogen-bond acceptors (Lipinski definition) is 7. The normalized spacial score (nSPS) is 14.1. The molecule has 36 heavy (non-hydrogen) atoms. The summed E-state index contributed by atoms with van der Waals surface area (Å²) in [6.45, 7) is 4.16. The van der Waals surface area contributed by atoms with Crippen LogP contribution in [0.3, 0.4) is 0 Å². The molecule has 0 saturated heterocycles. The van der Waals surface area contributed by atoms with Gasteiger partial charge in [-0.05, 0) is 61.4 Å². The van der Waals surface area contributed by atoms with Crippen molar-refractivity contribution in [2.45, 2.75) is 13.8 Å². The van der Waals surface area contributed by atoms with Gasteiger partial charge in [0, 0.05) is 15.6 Å². The molecule has 4 aromatic rings. The Hall–Kier alpha value is -3.94. The van der Waals surface area contributed by atoms with E-state index in [4.69, 9.17) is 25.8 Å². The summed E-state index contributed by atoms with van der Waals surface area (Å²) in [5.41, 5.74) is 2.59. The second-order valence-electron chi connectivity index (χ2n) is 7.98. The van der Waals surface area contributed by atoms with Crippen LogP contribution < -0.4 is 9.47 Å². The van der Waals surface area contributed by atoms with E-state index in [0.29, 0.717) is 33.4 Å². The fourth-order valence-corrected chi connectivity index (χ4v) is 5.17. The first-order valence-corrected chi connectivity index (χ1v) is 12.4. The number of carbonyl (C=O) groups is 2. The molecule has 1 aliphatic heterocycles. The van der Waals surface area contributed by atoms with E-state index < -0.39 is 11.9 Å². The van der Waals surface area contributed by atoms with Crippen molar-refractivity contribution in [2.75, 3.05) is 6.61 Å². The Morgan fingerprint density at radius 2 is 1.89 bits per heavy atom. The van der Waals surface area contributed by atoms with Crippen molar-refractivity contribution in [3.05, 3.63) is 99.0 Å². The van der Waals surface area contributed by atoms with Crippen molar-refractivity contribution in [1.82, 2.24) is 0 Å². The Bertz CT molecular complexity index is 1560. The van der Waals surface area contributed by atoms with Gasteiger partial charge in [-0.3, -0.25) is 0 Å². The van der Waals surface area contributed by atoms with Crippen LogP contribution in [-0.4, -0.2) is 24.4 Å². The first kappa shape index (κ1) is 23.8. The van der Waals surface area contributed by atoms with E-state index in [-0.39, 0.29) is 17.3 Å². The predicted molar refractivity (Wildman–Crippen MR) is 141 cm³/mol. The maximum Gasteiger partial charge on any atom is 0.363 e. The first-order chi connectivity index (χ1) is 17.4. The van der Waals surface area contributed by atoms with Gasteiger partial charge in [0.1, 0.15) is 4.88 Å². The first-order valence-electron chi connectivity index (χ1n) is 11.2. The number of cyclic esters (lactones) is 1. The summed E-state index contributed by atoms with van der Waals surface area (Å²) >= 11 is 7.76. The van der Waals surface area contributed by atoms with Gasteiger partial charge in [0.15, 0.2) is 17.2 Å². The molecule has 0 amide bonds. The summed E-state index contributed by atoms with van der Waals surface area (Å²) in [5, 5.41) is 1.18. The number of thiophene rings is 1. The molecule has 0 radical (unpaired) electrons. The Labute approximate surface area is 216 Å². The quantitative estimate of drug-likeness (QED) is 0.159. The molecular weight excluding hydrogens is 498 g/mol. The minimum Gasteiger partial charge on any atom is -0.490 e. The van der Waals surface area contributed by atoms with Crippen molar-refractivity contribution < 1.29 is 23.8 Å². The van der Waals surface area contributed by atoms with Gasteiger partial charge in [-0.15, -0.1) is 11.3 Å². The number of fused-ring (bicyclic) bond motifs is 1. The summed E-state index contributed by atoms with van der Waals surface area (Å²) in [6, 6.07) is 20.0. The summed E-state index contributed by atoms with van der Waals surface area (Å²) in [5.74, 6) is -0.264. The lowest BCUT2D eigenvalue weighted by Crippen LogP contribution is -2.08. The molecule has 0 spiro atoms. The molecule has 0 fully saturated rings. The number of rotatable bonds is 6. The van der Waals surface area contributed by atoms with Crippen LogP contribution in [0.4, 0.5) is 0 Å². The molecular formula is C28H20ClNO5S. The van der Waals surface area contributed by atoms with E-state index in [1.54, 1.807) is 24.3 Å². The number of benzene rings is 3. The minimum atomic E-state index is -0.567. The SMILES string of the molecule is CCOc1cc(/C=C2/N=C(c3ccccc3)OC2=O)ccc1OC(=O)c1sc2cc(C)ccc2c1Cl. The smallest absolute Gasteiger partial charge is 0.363 e. The van der Waals surface area contributed by atoms with Crippen LogP contribution in [0.1, 0.15) is 33.3 Å². The fourth-order valence-electron chi connectivity index (χ4n) is 3.69. The van der Waals surface area contributed by atoms with Gasteiger partial charge in [0.05, 0.1) is 11.6 Å². The lowest BCUT2D eigenvalue weighted by molar-refractivity contribution is -0.129. The maximum absolute atomic E-state index is 13.0. The number of esters is 2. The zero-order valence-corrected chi connectivity index (χ0v) is 21.0. The van der Waals surface area contributed by atoms with Crippen molar-refractivity contribution >= 4 is 56.9 Å². The average molecular weight is 518 g/mol. The fraction of sp³-hybridized carbons (Fsp3) is 0.107. The molecule has 0 saturated carbocycles. The molecule has 1 aliphatic rings. The Morgan fingerprint density at radius 1 is 1.08 bits per heavy atom.